The minimum Gasteiger partial charge on any atom is -0.466 e. The second-order valence-corrected chi connectivity index (χ2v) is 6.78. The van der Waals surface area contributed by atoms with Gasteiger partial charge < -0.3 is 14.4 Å². The predicted octanol–water partition coefficient (Wildman–Crippen LogP) is 3.22. The van der Waals surface area contributed by atoms with E-state index in [9.17, 15) is 9.59 Å². The van der Waals surface area contributed by atoms with Gasteiger partial charge in [0.2, 0.25) is 7.85 Å². The lowest BCUT2D eigenvalue weighted by atomic mass is 9.95. The van der Waals surface area contributed by atoms with Gasteiger partial charge in [0.25, 0.3) is 0 Å². The molecule has 1 aliphatic rings. The summed E-state index contributed by atoms with van der Waals surface area (Å²) in [5.74, 6) is -0.745. The number of hydrogen-bond donors (Lipinski definition) is 0. The number of rotatable bonds is 7. The zero-order valence-corrected chi connectivity index (χ0v) is 15.7. The molecule has 1 fully saturated rings. The largest absolute Gasteiger partial charge is 0.466 e. The number of benzene rings is 1. The molecule has 5 nitrogen and oxygen atoms in total. The van der Waals surface area contributed by atoms with Gasteiger partial charge in [-0.1, -0.05) is 42.5 Å². The smallest absolute Gasteiger partial charge is 0.309 e. The van der Waals surface area contributed by atoms with E-state index < -0.39 is 11.5 Å². The summed E-state index contributed by atoms with van der Waals surface area (Å²) in [6, 6.07) is 9.78. The summed E-state index contributed by atoms with van der Waals surface area (Å²) in [6.45, 7) is 5.85. The van der Waals surface area contributed by atoms with Crippen molar-refractivity contribution in [3.63, 3.8) is 0 Å². The molecule has 1 heterocycles. The number of esters is 1. The van der Waals surface area contributed by atoms with Crippen LogP contribution in [0.4, 0.5) is 4.79 Å². The summed E-state index contributed by atoms with van der Waals surface area (Å²) in [5.41, 5.74) is 0.343. The maximum absolute atomic E-state index is 12.0. The molecule has 1 aromatic carbocycles. The van der Waals surface area contributed by atoms with Gasteiger partial charge in [0.15, 0.2) is 5.81 Å². The summed E-state index contributed by atoms with van der Waals surface area (Å²) in [5, 5.41) is 0. The van der Waals surface area contributed by atoms with E-state index in [1.54, 1.807) is 17.9 Å². The molecule has 2 rings (SSSR count). The topological polar surface area (TPSA) is 55.8 Å². The van der Waals surface area contributed by atoms with Crippen LogP contribution in [-0.2, 0) is 20.7 Å². The number of carbonyl (C=O) groups is 2. The molecule has 138 valence electrons. The third-order valence-electron chi connectivity index (χ3n) is 4.43. The van der Waals surface area contributed by atoms with E-state index in [0.717, 1.165) is 5.56 Å². The Kier molecular flexibility index (Phi) is 7.03. The normalized spacial score (nSPS) is 21.9. The molecule has 0 bridgehead atoms. The second kappa shape index (κ2) is 9.03. The van der Waals surface area contributed by atoms with Crippen LogP contribution >= 0.6 is 0 Å². The van der Waals surface area contributed by atoms with E-state index in [-0.39, 0.29) is 24.5 Å². The van der Waals surface area contributed by atoms with Crippen LogP contribution in [0.1, 0.15) is 39.2 Å². The Morgan fingerprint density at radius 1 is 1.27 bits per heavy atom. The highest BCUT2D eigenvalue weighted by Crippen LogP contribution is 2.35. The number of amides is 1. The van der Waals surface area contributed by atoms with Crippen molar-refractivity contribution in [1.82, 2.24) is 4.90 Å². The van der Waals surface area contributed by atoms with E-state index in [1.807, 2.05) is 50.3 Å². The van der Waals surface area contributed by atoms with Gasteiger partial charge in [-0.25, -0.2) is 0 Å². The first-order chi connectivity index (χ1) is 12.3. The lowest BCUT2D eigenvalue weighted by Crippen LogP contribution is -2.48. The Morgan fingerprint density at radius 2 is 1.96 bits per heavy atom. The molecule has 1 aliphatic heterocycles. The molecule has 1 aromatic rings. The van der Waals surface area contributed by atoms with Gasteiger partial charge in [-0.2, -0.15) is 0 Å². The highest BCUT2D eigenvalue weighted by atomic mass is 16.5. The summed E-state index contributed by atoms with van der Waals surface area (Å²) in [7, 11) is 5.64. The third-order valence-corrected chi connectivity index (χ3v) is 4.43. The molecule has 2 atom stereocenters. The van der Waals surface area contributed by atoms with Gasteiger partial charge in [-0.15, -0.1) is 0 Å². The van der Waals surface area contributed by atoms with Crippen molar-refractivity contribution >= 4 is 19.6 Å². The van der Waals surface area contributed by atoms with Crippen molar-refractivity contribution in [2.45, 2.75) is 57.9 Å². The van der Waals surface area contributed by atoms with Crippen molar-refractivity contribution in [1.29, 1.82) is 0 Å². The first-order valence-electron chi connectivity index (χ1n) is 8.96. The van der Waals surface area contributed by atoms with Gasteiger partial charge >= 0.3 is 5.97 Å². The Labute approximate surface area is 156 Å². The van der Waals surface area contributed by atoms with Gasteiger partial charge in [0.1, 0.15) is 5.72 Å². The molecule has 1 saturated heterocycles. The molecule has 6 heteroatoms. The fourth-order valence-corrected chi connectivity index (χ4v) is 3.41. The fourth-order valence-electron chi connectivity index (χ4n) is 3.41. The van der Waals surface area contributed by atoms with Crippen LogP contribution in [0, 0.1) is 0 Å². The van der Waals surface area contributed by atoms with Crippen molar-refractivity contribution in [3.05, 3.63) is 48.0 Å². The van der Waals surface area contributed by atoms with Crippen LogP contribution in [0.15, 0.2) is 42.5 Å². The second-order valence-electron chi connectivity index (χ2n) is 6.78. The van der Waals surface area contributed by atoms with Gasteiger partial charge in [0, 0.05) is 0 Å². The lowest BCUT2D eigenvalue weighted by Gasteiger charge is -2.33. The first kappa shape index (κ1) is 20.2. The van der Waals surface area contributed by atoms with Crippen LogP contribution in [0.3, 0.4) is 0 Å². The predicted molar refractivity (Wildman–Crippen MR) is 101 cm³/mol. The number of nitrogens with zero attached hydrogens (tertiary/aromatic N) is 1. The van der Waals surface area contributed by atoms with Crippen molar-refractivity contribution in [3.8, 4) is 0 Å². The average Bonchev–Trinajstić information content (AvgIpc) is 2.83. The zero-order chi connectivity index (χ0) is 19.2. The summed E-state index contributed by atoms with van der Waals surface area (Å²) in [6.07, 6.45) is 4.96. The van der Waals surface area contributed by atoms with E-state index in [4.69, 9.17) is 17.3 Å². The molecular weight excluding hydrogens is 329 g/mol. The van der Waals surface area contributed by atoms with Crippen LogP contribution in [0.25, 0.3) is 0 Å². The summed E-state index contributed by atoms with van der Waals surface area (Å²) < 4.78 is 11.0. The molecule has 26 heavy (non-hydrogen) atoms. The molecule has 0 saturated carbocycles. The van der Waals surface area contributed by atoms with E-state index in [2.05, 4.69) is 0 Å². The highest BCUT2D eigenvalue weighted by Gasteiger charge is 2.47. The molecule has 0 aromatic heterocycles. The van der Waals surface area contributed by atoms with Crippen molar-refractivity contribution < 1.29 is 19.1 Å². The number of ether oxygens (including phenoxy) is 2. The molecule has 1 amide bonds. The minimum absolute atomic E-state index is 0.169. The molecule has 0 aliphatic carbocycles. The Morgan fingerprint density at radius 3 is 2.58 bits per heavy atom. The van der Waals surface area contributed by atoms with Crippen LogP contribution in [0.5, 0.6) is 0 Å². The van der Waals surface area contributed by atoms with Crippen LogP contribution in [0.2, 0.25) is 0 Å². The monoisotopic (exact) mass is 355 g/mol. The molecule has 0 N–H and O–H groups in total. The number of carbonyl (C=O) groups excluding carboxylic acids is 2. The highest BCUT2D eigenvalue weighted by molar-refractivity contribution is 6.57. The minimum atomic E-state index is -0.773. The van der Waals surface area contributed by atoms with E-state index >= 15 is 0 Å². The van der Waals surface area contributed by atoms with Crippen LogP contribution in [-0.4, -0.2) is 49.0 Å². The van der Waals surface area contributed by atoms with Gasteiger partial charge in [0.05, 0.1) is 25.2 Å². The van der Waals surface area contributed by atoms with E-state index in [1.165, 1.54) is 0 Å². The van der Waals surface area contributed by atoms with Gasteiger partial charge in [-0.05, 0) is 39.2 Å². The SMILES string of the molecule is [B]C(=O)N1[C@@H](Cc2ccccc2)[C@@H](C/C=C/CC(=O)OCC)OC1(C)C. The molecule has 0 spiro atoms. The van der Waals surface area contributed by atoms with Gasteiger partial charge in [-0.3, -0.25) is 9.59 Å². The Hall–Kier alpha value is -2.08. The Bertz CT molecular complexity index is 644. The summed E-state index contributed by atoms with van der Waals surface area (Å²) >= 11 is 0. The fraction of sp³-hybridized carbons (Fsp3) is 0.500. The maximum atomic E-state index is 12.0. The zero-order valence-electron chi connectivity index (χ0n) is 15.7. The van der Waals surface area contributed by atoms with Crippen molar-refractivity contribution in [2.75, 3.05) is 6.61 Å². The first-order valence-corrected chi connectivity index (χ1v) is 8.96. The quantitative estimate of drug-likeness (QED) is 0.428. The van der Waals surface area contributed by atoms with Crippen molar-refractivity contribution in [2.24, 2.45) is 0 Å². The molecular formula is C20H26BNO4. The number of hydrogen-bond acceptors (Lipinski definition) is 4. The summed E-state index contributed by atoms with van der Waals surface area (Å²) in [4.78, 5) is 25.1. The van der Waals surface area contributed by atoms with E-state index in [0.29, 0.717) is 19.4 Å². The Balaban J connectivity index is 2.10. The lowest BCUT2D eigenvalue weighted by molar-refractivity contribution is -0.142. The van der Waals surface area contributed by atoms with Crippen LogP contribution < -0.4 is 0 Å². The third kappa shape index (κ3) is 5.21. The average molecular weight is 355 g/mol. The molecule has 0 unspecified atom stereocenters. The molecule has 2 radical (unpaired) electrons. The maximum Gasteiger partial charge on any atom is 0.309 e. The standard InChI is InChI=1S/C20H26BNO4/c1-4-25-18(23)13-9-8-12-17-16(14-15-10-6-5-7-11-15)22(19(21)24)20(2,3)26-17/h5-11,16-17H,4,12-14H2,1-3H3/b9-8+/t16-,17+/m0/s1.